The Morgan fingerprint density at radius 3 is 3.00 bits per heavy atom. The highest BCUT2D eigenvalue weighted by atomic mass is 32.2. The maximum atomic E-state index is 11.2. The molecule has 0 unspecified atom stereocenters. The zero-order chi connectivity index (χ0) is 10.4. The fraction of sp³-hybridized carbons (Fsp3) is 0.300. The first kappa shape index (κ1) is 10.9. The Morgan fingerprint density at radius 2 is 2.36 bits per heavy atom. The second-order valence-electron chi connectivity index (χ2n) is 2.71. The van der Waals surface area contributed by atoms with E-state index in [0.29, 0.717) is 5.75 Å². The average Bonchev–Trinajstić information content (AvgIpc) is 2.18. The quantitative estimate of drug-likeness (QED) is 0.827. The van der Waals surface area contributed by atoms with E-state index in [0.717, 1.165) is 11.4 Å². The molecule has 1 aromatic rings. The highest BCUT2D eigenvalue weighted by molar-refractivity contribution is 7.99. The van der Waals surface area contributed by atoms with Crippen molar-refractivity contribution in [1.29, 1.82) is 0 Å². The van der Waals surface area contributed by atoms with E-state index < -0.39 is 0 Å². The van der Waals surface area contributed by atoms with Gasteiger partial charge in [-0.2, -0.15) is 11.8 Å². The van der Waals surface area contributed by atoms with E-state index in [9.17, 15) is 4.79 Å². The van der Waals surface area contributed by atoms with Crippen LogP contribution in [0.3, 0.4) is 0 Å². The van der Waals surface area contributed by atoms with Crippen LogP contribution in [0.4, 0.5) is 5.69 Å². The molecule has 0 radical (unpaired) electrons. The van der Waals surface area contributed by atoms with Gasteiger partial charge in [0.1, 0.15) is 5.75 Å². The van der Waals surface area contributed by atoms with Gasteiger partial charge in [-0.3, -0.25) is 4.79 Å². The molecule has 1 amide bonds. The van der Waals surface area contributed by atoms with Crippen molar-refractivity contribution >= 4 is 23.4 Å². The van der Waals surface area contributed by atoms with Crippen LogP contribution in [0.15, 0.2) is 24.3 Å². The Labute approximate surface area is 87.8 Å². The number of anilines is 1. The van der Waals surface area contributed by atoms with Gasteiger partial charge in [-0.1, -0.05) is 6.07 Å². The lowest BCUT2D eigenvalue weighted by Crippen LogP contribution is -2.13. The summed E-state index contributed by atoms with van der Waals surface area (Å²) in [4.78, 5) is 11.2. The molecule has 0 bridgehead atoms. The van der Waals surface area contributed by atoms with E-state index in [1.165, 1.54) is 11.8 Å². The van der Waals surface area contributed by atoms with Crippen molar-refractivity contribution in [2.75, 3.05) is 24.4 Å². The molecule has 14 heavy (non-hydrogen) atoms. The van der Waals surface area contributed by atoms with E-state index in [2.05, 4.69) is 5.32 Å². The van der Waals surface area contributed by atoms with Crippen LogP contribution in [0.2, 0.25) is 0 Å². The van der Waals surface area contributed by atoms with Crippen LogP contribution in [0, 0.1) is 0 Å². The molecule has 0 atom stereocenters. The summed E-state index contributed by atoms with van der Waals surface area (Å²) >= 11 is 1.50. The van der Waals surface area contributed by atoms with Gasteiger partial charge in [0.05, 0.1) is 12.9 Å². The maximum absolute atomic E-state index is 11.2. The Bertz CT molecular complexity index is 315. The number of hydrogen-bond acceptors (Lipinski definition) is 3. The number of hydrogen-bond donors (Lipinski definition) is 1. The monoisotopic (exact) mass is 211 g/mol. The highest BCUT2D eigenvalue weighted by Gasteiger charge is 2.01. The number of thioether (sulfide) groups is 1. The number of rotatable bonds is 4. The van der Waals surface area contributed by atoms with Gasteiger partial charge in [0.15, 0.2) is 0 Å². The molecule has 0 heterocycles. The number of benzene rings is 1. The number of ether oxygens (including phenoxy) is 1. The molecule has 4 heteroatoms. The smallest absolute Gasteiger partial charge is 0.234 e. The lowest BCUT2D eigenvalue weighted by Gasteiger charge is -2.05. The molecule has 76 valence electrons. The third-order valence-electron chi connectivity index (χ3n) is 1.63. The second-order valence-corrected chi connectivity index (χ2v) is 3.58. The topological polar surface area (TPSA) is 38.3 Å². The minimum Gasteiger partial charge on any atom is -0.497 e. The Morgan fingerprint density at radius 1 is 1.57 bits per heavy atom. The standard InChI is InChI=1S/C10H13NO2S/c1-13-9-5-3-4-8(6-9)11-10(12)7-14-2/h3-6H,7H2,1-2H3,(H,11,12). The average molecular weight is 211 g/mol. The predicted octanol–water partition coefficient (Wildman–Crippen LogP) is 2.00. The van der Waals surface area contributed by atoms with Crippen LogP contribution in [0.5, 0.6) is 5.75 Å². The van der Waals surface area contributed by atoms with Gasteiger partial charge in [0, 0.05) is 11.8 Å². The molecule has 1 aromatic carbocycles. The highest BCUT2D eigenvalue weighted by Crippen LogP contribution is 2.16. The van der Waals surface area contributed by atoms with Crippen molar-refractivity contribution in [3.05, 3.63) is 24.3 Å². The van der Waals surface area contributed by atoms with Gasteiger partial charge in [0.25, 0.3) is 0 Å². The van der Waals surface area contributed by atoms with Gasteiger partial charge in [-0.05, 0) is 18.4 Å². The first-order valence-electron chi connectivity index (χ1n) is 4.19. The Hall–Kier alpha value is -1.16. The van der Waals surface area contributed by atoms with E-state index in [4.69, 9.17) is 4.74 Å². The van der Waals surface area contributed by atoms with Crippen molar-refractivity contribution in [3.63, 3.8) is 0 Å². The molecule has 0 aromatic heterocycles. The van der Waals surface area contributed by atoms with Crippen LogP contribution in [-0.2, 0) is 4.79 Å². The molecular weight excluding hydrogens is 198 g/mol. The SMILES string of the molecule is COc1cccc(NC(=O)CSC)c1. The summed E-state index contributed by atoms with van der Waals surface area (Å²) in [5.41, 5.74) is 0.767. The number of methoxy groups -OCH3 is 1. The largest absolute Gasteiger partial charge is 0.497 e. The minimum absolute atomic E-state index is 0.00533. The van der Waals surface area contributed by atoms with E-state index >= 15 is 0 Å². The summed E-state index contributed by atoms with van der Waals surface area (Å²) in [5, 5.41) is 2.78. The normalized spacial score (nSPS) is 9.57. The molecular formula is C10H13NO2S. The zero-order valence-corrected chi connectivity index (χ0v) is 9.06. The summed E-state index contributed by atoms with van der Waals surface area (Å²) in [5.74, 6) is 1.22. The van der Waals surface area contributed by atoms with Crippen molar-refractivity contribution < 1.29 is 9.53 Å². The third kappa shape index (κ3) is 3.30. The summed E-state index contributed by atoms with van der Waals surface area (Å²) in [6.45, 7) is 0. The summed E-state index contributed by atoms with van der Waals surface area (Å²) < 4.78 is 5.04. The zero-order valence-electron chi connectivity index (χ0n) is 8.24. The van der Waals surface area contributed by atoms with E-state index in [-0.39, 0.29) is 5.91 Å². The molecule has 0 spiro atoms. The van der Waals surface area contributed by atoms with Crippen LogP contribution in [-0.4, -0.2) is 25.0 Å². The van der Waals surface area contributed by atoms with Crippen molar-refractivity contribution in [2.45, 2.75) is 0 Å². The lowest BCUT2D eigenvalue weighted by molar-refractivity contribution is -0.113. The van der Waals surface area contributed by atoms with Gasteiger partial charge in [-0.25, -0.2) is 0 Å². The molecule has 0 fully saturated rings. The Kier molecular flexibility index (Phi) is 4.32. The maximum Gasteiger partial charge on any atom is 0.234 e. The Balaban J connectivity index is 2.62. The molecule has 0 saturated carbocycles. The summed E-state index contributed by atoms with van der Waals surface area (Å²) in [7, 11) is 1.60. The number of carbonyl (C=O) groups excluding carboxylic acids is 1. The van der Waals surface area contributed by atoms with Crippen molar-refractivity contribution in [3.8, 4) is 5.75 Å². The van der Waals surface area contributed by atoms with E-state index in [1.54, 1.807) is 13.2 Å². The second kappa shape index (κ2) is 5.54. The van der Waals surface area contributed by atoms with Crippen LogP contribution in [0.25, 0.3) is 0 Å². The van der Waals surface area contributed by atoms with Crippen LogP contribution in [0.1, 0.15) is 0 Å². The van der Waals surface area contributed by atoms with Gasteiger partial charge in [-0.15, -0.1) is 0 Å². The van der Waals surface area contributed by atoms with E-state index in [1.807, 2.05) is 24.5 Å². The molecule has 3 nitrogen and oxygen atoms in total. The van der Waals surface area contributed by atoms with Gasteiger partial charge in [0.2, 0.25) is 5.91 Å². The number of carbonyl (C=O) groups is 1. The third-order valence-corrected chi connectivity index (χ3v) is 2.18. The first-order chi connectivity index (χ1) is 6.76. The van der Waals surface area contributed by atoms with Gasteiger partial charge >= 0.3 is 0 Å². The molecule has 1 N–H and O–H groups in total. The van der Waals surface area contributed by atoms with Crippen molar-refractivity contribution in [1.82, 2.24) is 0 Å². The number of nitrogens with one attached hydrogen (secondary N) is 1. The van der Waals surface area contributed by atoms with Crippen molar-refractivity contribution in [2.24, 2.45) is 0 Å². The fourth-order valence-electron chi connectivity index (χ4n) is 1.03. The first-order valence-corrected chi connectivity index (χ1v) is 5.58. The summed E-state index contributed by atoms with van der Waals surface area (Å²) in [6.07, 6.45) is 1.89. The predicted molar refractivity (Wildman–Crippen MR) is 60.0 cm³/mol. The molecule has 0 aliphatic heterocycles. The molecule has 0 aliphatic rings. The van der Waals surface area contributed by atoms with Crippen LogP contribution < -0.4 is 10.1 Å². The molecule has 1 rings (SSSR count). The fourth-order valence-corrected chi connectivity index (χ4v) is 1.36. The van der Waals surface area contributed by atoms with Gasteiger partial charge < -0.3 is 10.1 Å². The molecule has 0 saturated heterocycles. The summed E-state index contributed by atoms with van der Waals surface area (Å²) in [6, 6.07) is 7.30. The molecule has 0 aliphatic carbocycles. The lowest BCUT2D eigenvalue weighted by atomic mass is 10.3. The number of amides is 1. The minimum atomic E-state index is 0.00533. The van der Waals surface area contributed by atoms with Crippen LogP contribution >= 0.6 is 11.8 Å².